The highest BCUT2D eigenvalue weighted by Crippen LogP contribution is 2.27. The van der Waals surface area contributed by atoms with Gasteiger partial charge in [-0.2, -0.15) is 0 Å². The minimum absolute atomic E-state index is 0.0190. The lowest BCUT2D eigenvalue weighted by Gasteiger charge is -2.37. The van der Waals surface area contributed by atoms with Gasteiger partial charge in [0.2, 0.25) is 5.91 Å². The summed E-state index contributed by atoms with van der Waals surface area (Å²) in [6.07, 6.45) is 5.68. The van der Waals surface area contributed by atoms with E-state index in [1.165, 1.54) is 6.33 Å². The lowest BCUT2D eigenvalue weighted by Crippen LogP contribution is -2.52. The van der Waals surface area contributed by atoms with Crippen molar-refractivity contribution in [3.8, 4) is 11.4 Å². The van der Waals surface area contributed by atoms with Crippen molar-refractivity contribution in [3.63, 3.8) is 0 Å². The maximum atomic E-state index is 13.3. The number of hydrogen-bond acceptors (Lipinski definition) is 8. The minimum atomic E-state index is -0.413. The van der Waals surface area contributed by atoms with Gasteiger partial charge in [0.25, 0.3) is 0 Å². The van der Waals surface area contributed by atoms with Crippen LogP contribution in [0.25, 0.3) is 22.6 Å². The van der Waals surface area contributed by atoms with Crippen molar-refractivity contribution in [2.45, 2.75) is 65.8 Å². The van der Waals surface area contributed by atoms with Crippen molar-refractivity contribution in [1.82, 2.24) is 34.4 Å². The Morgan fingerprint density at radius 3 is 2.47 bits per heavy atom. The van der Waals surface area contributed by atoms with Crippen LogP contribution in [0.2, 0.25) is 0 Å². The molecule has 0 aromatic carbocycles. The second-order valence-electron chi connectivity index (χ2n) is 8.20. The van der Waals surface area contributed by atoms with E-state index in [1.807, 2.05) is 44.1 Å². The lowest BCUT2D eigenvalue weighted by molar-refractivity contribution is -0.144. The number of aryl methyl sites for hydroxylation is 2. The zero-order chi connectivity index (χ0) is 22.8. The summed E-state index contributed by atoms with van der Waals surface area (Å²) in [5, 5.41) is 3.33. The molecule has 0 aliphatic carbocycles. The number of nitrogens with one attached hydrogen (secondary N) is 1. The average molecular weight is 439 g/mol. The molecule has 0 saturated carbocycles. The van der Waals surface area contributed by atoms with E-state index in [-0.39, 0.29) is 18.1 Å². The number of carbonyl (C=O) groups excluding carboxylic acids is 1. The van der Waals surface area contributed by atoms with Crippen LogP contribution in [0.5, 0.6) is 0 Å². The van der Waals surface area contributed by atoms with Crippen molar-refractivity contribution in [2.75, 3.05) is 18.4 Å². The molecule has 32 heavy (non-hydrogen) atoms. The number of anilines is 1. The zero-order valence-corrected chi connectivity index (χ0v) is 19.2. The molecule has 0 radical (unpaired) electrons. The monoisotopic (exact) mass is 438 g/mol. The fraction of sp³-hybridized carbons (Fsp3) is 0.545. The lowest BCUT2D eigenvalue weighted by atomic mass is 10.1. The van der Waals surface area contributed by atoms with E-state index in [1.54, 1.807) is 12.4 Å². The molecule has 1 fully saturated rings. The van der Waals surface area contributed by atoms with Crippen LogP contribution in [0.1, 0.15) is 39.9 Å². The Hall–Kier alpha value is -3.14. The molecule has 3 aromatic heterocycles. The number of nitrogens with zero attached hydrogens (tertiary/aromatic N) is 7. The van der Waals surface area contributed by atoms with E-state index in [4.69, 9.17) is 9.72 Å². The number of imidazole rings is 1. The molecule has 1 aliphatic heterocycles. The van der Waals surface area contributed by atoms with Gasteiger partial charge in [-0.3, -0.25) is 4.79 Å². The van der Waals surface area contributed by atoms with Gasteiger partial charge in [-0.25, -0.2) is 24.9 Å². The molecule has 3 aromatic rings. The number of morpholine rings is 1. The van der Waals surface area contributed by atoms with Crippen molar-refractivity contribution < 1.29 is 9.53 Å². The average Bonchev–Trinajstić information content (AvgIpc) is 3.16. The first kappa shape index (κ1) is 22.1. The highest BCUT2D eigenvalue weighted by molar-refractivity contribution is 5.90. The van der Waals surface area contributed by atoms with E-state index in [9.17, 15) is 4.79 Å². The summed E-state index contributed by atoms with van der Waals surface area (Å²) in [5.41, 5.74) is 2.14. The predicted molar refractivity (Wildman–Crippen MR) is 121 cm³/mol. The van der Waals surface area contributed by atoms with Gasteiger partial charge in [-0.15, -0.1) is 0 Å². The summed E-state index contributed by atoms with van der Waals surface area (Å²) < 4.78 is 7.78. The molecule has 0 bridgehead atoms. The maximum Gasteiger partial charge on any atom is 0.245 e. The fourth-order valence-corrected chi connectivity index (χ4v) is 4.15. The van der Waals surface area contributed by atoms with Crippen LogP contribution in [-0.2, 0) is 16.1 Å². The fourth-order valence-electron chi connectivity index (χ4n) is 4.15. The van der Waals surface area contributed by atoms with Gasteiger partial charge in [-0.05, 0) is 34.1 Å². The smallest absolute Gasteiger partial charge is 0.245 e. The Morgan fingerprint density at radius 1 is 1.16 bits per heavy atom. The molecule has 3 atom stereocenters. The van der Waals surface area contributed by atoms with Crippen molar-refractivity contribution in [1.29, 1.82) is 0 Å². The summed E-state index contributed by atoms with van der Waals surface area (Å²) >= 11 is 0. The summed E-state index contributed by atoms with van der Waals surface area (Å²) in [7, 11) is 0. The second kappa shape index (κ2) is 9.15. The molecule has 170 valence electrons. The van der Waals surface area contributed by atoms with Crippen LogP contribution < -0.4 is 5.32 Å². The molecule has 1 aliphatic rings. The number of rotatable bonds is 6. The van der Waals surface area contributed by atoms with Crippen LogP contribution in [0.3, 0.4) is 0 Å². The Balaban J connectivity index is 1.66. The number of aromatic nitrogens is 6. The maximum absolute atomic E-state index is 13.3. The largest absolute Gasteiger partial charge is 0.372 e. The van der Waals surface area contributed by atoms with E-state index in [0.29, 0.717) is 48.9 Å². The third-order valence-electron chi connectivity index (χ3n) is 5.64. The molecule has 10 nitrogen and oxygen atoms in total. The Labute approximate surface area is 187 Å². The molecular formula is C22H30N8O2. The van der Waals surface area contributed by atoms with Crippen molar-refractivity contribution >= 4 is 22.9 Å². The summed E-state index contributed by atoms with van der Waals surface area (Å²) in [4.78, 5) is 37.4. The van der Waals surface area contributed by atoms with Gasteiger partial charge in [0.05, 0.1) is 17.8 Å². The number of amides is 1. The van der Waals surface area contributed by atoms with Crippen molar-refractivity contribution in [3.05, 3.63) is 24.5 Å². The minimum Gasteiger partial charge on any atom is -0.372 e. The second-order valence-corrected chi connectivity index (χ2v) is 8.20. The molecule has 0 spiro atoms. The van der Waals surface area contributed by atoms with Gasteiger partial charge in [-0.1, -0.05) is 6.92 Å². The van der Waals surface area contributed by atoms with Crippen LogP contribution >= 0.6 is 0 Å². The molecule has 4 heterocycles. The van der Waals surface area contributed by atoms with Gasteiger partial charge >= 0.3 is 0 Å². The Kier molecular flexibility index (Phi) is 6.31. The summed E-state index contributed by atoms with van der Waals surface area (Å²) in [6.45, 7) is 11.7. The van der Waals surface area contributed by atoms with Crippen molar-refractivity contribution in [2.24, 2.45) is 0 Å². The molecule has 1 saturated heterocycles. The van der Waals surface area contributed by atoms with Gasteiger partial charge in [0, 0.05) is 32.0 Å². The predicted octanol–water partition coefficient (Wildman–Crippen LogP) is 2.44. The van der Waals surface area contributed by atoms with E-state index < -0.39 is 6.04 Å². The summed E-state index contributed by atoms with van der Waals surface area (Å²) in [5.74, 6) is 2.02. The number of hydrogen-bond donors (Lipinski definition) is 1. The standard InChI is InChI=1S/C22H30N8O2/c1-6-17(22(31)29-10-13(3)32-14(4)11-29)27-19-18-21(26-12-25-19)30(7-2)20(28-18)16-8-23-15(5)24-9-16/h8-9,12-14,17H,6-7,10-11H2,1-5H3,(H,25,26,27)/t13-,14+,17?. The molecule has 1 N–H and O–H groups in total. The van der Waals surface area contributed by atoms with E-state index >= 15 is 0 Å². The highest BCUT2D eigenvalue weighted by atomic mass is 16.5. The molecule has 1 amide bonds. The molecule has 1 unspecified atom stereocenters. The SMILES string of the molecule is CCC(Nc1ncnc2c1nc(-c1cnc(C)nc1)n2CC)C(=O)N1C[C@@H](C)O[C@@H](C)C1. The van der Waals surface area contributed by atoms with Gasteiger partial charge in [0.1, 0.15) is 24.0 Å². The Morgan fingerprint density at radius 2 is 1.84 bits per heavy atom. The third-order valence-corrected chi connectivity index (χ3v) is 5.64. The first-order chi connectivity index (χ1) is 15.4. The van der Waals surface area contributed by atoms with Crippen LogP contribution in [-0.4, -0.2) is 71.6 Å². The van der Waals surface area contributed by atoms with E-state index in [2.05, 4.69) is 25.3 Å². The molecular weight excluding hydrogens is 408 g/mol. The molecule has 4 rings (SSSR count). The van der Waals surface area contributed by atoms with Gasteiger partial charge in [0.15, 0.2) is 17.0 Å². The zero-order valence-electron chi connectivity index (χ0n) is 19.2. The number of carbonyl (C=O) groups is 1. The first-order valence-corrected chi connectivity index (χ1v) is 11.1. The number of ether oxygens (including phenoxy) is 1. The summed E-state index contributed by atoms with van der Waals surface area (Å²) in [6, 6.07) is -0.413. The van der Waals surface area contributed by atoms with Gasteiger partial charge < -0.3 is 19.5 Å². The Bertz CT molecular complexity index is 1090. The quantitative estimate of drug-likeness (QED) is 0.625. The van der Waals surface area contributed by atoms with Crippen LogP contribution in [0, 0.1) is 6.92 Å². The topological polar surface area (TPSA) is 111 Å². The normalized spacial score (nSPS) is 19.8. The molecule has 10 heteroatoms. The van der Waals surface area contributed by atoms with Crippen LogP contribution in [0.4, 0.5) is 5.82 Å². The highest BCUT2D eigenvalue weighted by Gasteiger charge is 2.30. The van der Waals surface area contributed by atoms with Crippen LogP contribution in [0.15, 0.2) is 18.7 Å². The van der Waals surface area contributed by atoms with E-state index in [0.717, 1.165) is 11.4 Å². The third kappa shape index (κ3) is 4.27. The number of fused-ring (bicyclic) bond motifs is 1. The first-order valence-electron chi connectivity index (χ1n) is 11.1.